The molecule has 0 aliphatic carbocycles. The molecule has 2 rings (SSSR count). The van der Waals surface area contributed by atoms with E-state index in [2.05, 4.69) is 0 Å². The minimum absolute atomic E-state index is 0.367. The molecule has 0 aliphatic rings. The van der Waals surface area contributed by atoms with Gasteiger partial charge in [-0.3, -0.25) is 4.79 Å². The van der Waals surface area contributed by atoms with E-state index in [4.69, 9.17) is 16.0 Å². The second-order valence-electron chi connectivity index (χ2n) is 4.68. The first-order valence-electron chi connectivity index (χ1n) is 5.82. The van der Waals surface area contributed by atoms with Crippen LogP contribution in [0.15, 0.2) is 47.1 Å². The van der Waals surface area contributed by atoms with Gasteiger partial charge >= 0.3 is 0 Å². The Kier molecular flexibility index (Phi) is 3.58. The smallest absolute Gasteiger partial charge is 0.232 e. The van der Waals surface area contributed by atoms with E-state index in [0.717, 1.165) is 16.9 Å². The lowest BCUT2D eigenvalue weighted by Gasteiger charge is -2.26. The van der Waals surface area contributed by atoms with E-state index in [9.17, 15) is 4.79 Å². The Balaban J connectivity index is 2.45. The lowest BCUT2D eigenvalue weighted by molar-refractivity contribution is -0.116. The summed E-state index contributed by atoms with van der Waals surface area (Å²) in [6.07, 6.45) is 2.07. The van der Waals surface area contributed by atoms with Crippen LogP contribution in [0, 0.1) is 6.92 Å². The Morgan fingerprint density at radius 2 is 2.00 bits per heavy atom. The molecule has 94 valence electrons. The van der Waals surface area contributed by atoms with Crippen LogP contribution in [0.25, 0.3) is 0 Å². The molecule has 0 saturated heterocycles. The summed E-state index contributed by atoms with van der Waals surface area (Å²) >= 11 is 5.83. The van der Waals surface area contributed by atoms with Crippen LogP contribution in [0.1, 0.15) is 23.8 Å². The van der Waals surface area contributed by atoms with Crippen molar-refractivity contribution in [3.63, 3.8) is 0 Å². The Hall–Kier alpha value is -1.54. The van der Waals surface area contributed by atoms with Crippen LogP contribution < -0.4 is 0 Å². The molecule has 0 saturated carbocycles. The van der Waals surface area contributed by atoms with E-state index in [0.29, 0.717) is 6.42 Å². The quantitative estimate of drug-likeness (QED) is 0.784. The van der Waals surface area contributed by atoms with Crippen molar-refractivity contribution in [2.75, 3.05) is 0 Å². The number of benzene rings is 1. The first-order valence-corrected chi connectivity index (χ1v) is 6.20. The normalized spacial score (nSPS) is 14.2. The second kappa shape index (κ2) is 4.99. The van der Waals surface area contributed by atoms with E-state index in [1.165, 1.54) is 0 Å². The van der Waals surface area contributed by atoms with Crippen molar-refractivity contribution in [1.29, 1.82) is 0 Å². The highest BCUT2D eigenvalue weighted by atomic mass is 35.5. The maximum absolute atomic E-state index is 11.9. The van der Waals surface area contributed by atoms with E-state index in [-0.39, 0.29) is 5.24 Å². The summed E-state index contributed by atoms with van der Waals surface area (Å²) in [7, 11) is 0. The Morgan fingerprint density at radius 1 is 1.28 bits per heavy atom. The third-order valence-corrected chi connectivity index (χ3v) is 3.70. The van der Waals surface area contributed by atoms with E-state index in [1.54, 1.807) is 6.26 Å². The van der Waals surface area contributed by atoms with Crippen molar-refractivity contribution < 1.29 is 9.21 Å². The summed E-state index contributed by atoms with van der Waals surface area (Å²) in [4.78, 5) is 11.9. The van der Waals surface area contributed by atoms with Crippen molar-refractivity contribution in [2.24, 2.45) is 0 Å². The fraction of sp³-hybridized carbons (Fsp3) is 0.267. The van der Waals surface area contributed by atoms with Gasteiger partial charge in [-0.05, 0) is 48.7 Å². The van der Waals surface area contributed by atoms with E-state index >= 15 is 0 Å². The van der Waals surface area contributed by atoms with Gasteiger partial charge in [-0.2, -0.15) is 0 Å². The fourth-order valence-electron chi connectivity index (χ4n) is 2.22. The fourth-order valence-corrected chi connectivity index (χ4v) is 2.39. The number of rotatable bonds is 4. The number of carbonyl (C=O) groups excluding carboxylic acids is 1. The molecular formula is C15H15ClO2. The zero-order valence-corrected chi connectivity index (χ0v) is 11.2. The summed E-state index contributed by atoms with van der Waals surface area (Å²) in [5, 5.41) is -0.367. The minimum Gasteiger partial charge on any atom is -0.469 e. The van der Waals surface area contributed by atoms with Crippen LogP contribution in [0.5, 0.6) is 0 Å². The Morgan fingerprint density at radius 3 is 2.56 bits per heavy atom. The van der Waals surface area contributed by atoms with Crippen LogP contribution in [-0.4, -0.2) is 5.24 Å². The molecule has 2 nitrogen and oxygen atoms in total. The molecule has 0 aliphatic heterocycles. The topological polar surface area (TPSA) is 30.2 Å². The van der Waals surface area contributed by atoms with Gasteiger partial charge in [-0.1, -0.05) is 24.3 Å². The van der Waals surface area contributed by atoms with Crippen LogP contribution in [0.3, 0.4) is 0 Å². The molecule has 0 bridgehead atoms. The molecule has 0 spiro atoms. The molecule has 2 aromatic rings. The molecule has 1 heterocycles. The predicted octanol–water partition coefficient (Wildman–Crippen LogP) is 3.85. The van der Waals surface area contributed by atoms with Gasteiger partial charge in [-0.15, -0.1) is 0 Å². The standard InChI is InChI=1S/C15H15ClO2/c1-11-6-3-4-8-13(11)15(2,14(16)17)10-12-7-5-9-18-12/h3-9H,10H2,1-2H3. The molecule has 1 aromatic carbocycles. The van der Waals surface area contributed by atoms with Gasteiger partial charge in [0, 0.05) is 6.42 Å². The van der Waals surface area contributed by atoms with Gasteiger partial charge in [-0.25, -0.2) is 0 Å². The molecular weight excluding hydrogens is 248 g/mol. The molecule has 0 fully saturated rings. The molecule has 18 heavy (non-hydrogen) atoms. The molecule has 1 unspecified atom stereocenters. The molecule has 0 amide bonds. The third kappa shape index (κ3) is 2.34. The zero-order chi connectivity index (χ0) is 13.2. The van der Waals surface area contributed by atoms with Crippen molar-refractivity contribution in [3.05, 3.63) is 59.5 Å². The largest absolute Gasteiger partial charge is 0.469 e. The minimum atomic E-state index is -0.759. The van der Waals surface area contributed by atoms with Crippen molar-refractivity contribution in [3.8, 4) is 0 Å². The number of furan rings is 1. The molecule has 0 N–H and O–H groups in total. The van der Waals surface area contributed by atoms with Gasteiger partial charge in [0.05, 0.1) is 11.7 Å². The van der Waals surface area contributed by atoms with Gasteiger partial charge in [0.2, 0.25) is 5.24 Å². The maximum Gasteiger partial charge on any atom is 0.232 e. The number of hydrogen-bond acceptors (Lipinski definition) is 2. The van der Waals surface area contributed by atoms with Gasteiger partial charge in [0.15, 0.2) is 0 Å². The van der Waals surface area contributed by atoms with Crippen LogP contribution in [0.4, 0.5) is 0 Å². The first-order chi connectivity index (χ1) is 8.54. The average Bonchev–Trinajstić information content (AvgIpc) is 2.81. The summed E-state index contributed by atoms with van der Waals surface area (Å²) in [5.41, 5.74) is 1.24. The van der Waals surface area contributed by atoms with Crippen LogP contribution in [0.2, 0.25) is 0 Å². The van der Waals surface area contributed by atoms with Gasteiger partial charge in [0.1, 0.15) is 5.76 Å². The zero-order valence-electron chi connectivity index (χ0n) is 10.4. The lowest BCUT2D eigenvalue weighted by Crippen LogP contribution is -2.32. The van der Waals surface area contributed by atoms with Crippen LogP contribution in [-0.2, 0) is 16.6 Å². The summed E-state index contributed by atoms with van der Waals surface area (Å²) < 4.78 is 5.33. The molecule has 1 atom stereocenters. The molecule has 0 radical (unpaired) electrons. The Labute approximate surface area is 112 Å². The van der Waals surface area contributed by atoms with E-state index in [1.807, 2.05) is 50.2 Å². The lowest BCUT2D eigenvalue weighted by atomic mass is 9.78. The van der Waals surface area contributed by atoms with Crippen molar-refractivity contribution in [1.82, 2.24) is 0 Å². The highest BCUT2D eigenvalue weighted by molar-refractivity contribution is 6.65. The SMILES string of the molecule is Cc1ccccc1C(C)(Cc1ccco1)C(=O)Cl. The number of halogens is 1. The summed E-state index contributed by atoms with van der Waals surface area (Å²) in [5.74, 6) is 0.759. The monoisotopic (exact) mass is 262 g/mol. The predicted molar refractivity (Wildman–Crippen MR) is 71.8 cm³/mol. The highest BCUT2D eigenvalue weighted by Crippen LogP contribution is 2.33. The Bertz CT molecular complexity index is 545. The van der Waals surface area contributed by atoms with Crippen molar-refractivity contribution in [2.45, 2.75) is 25.7 Å². The third-order valence-electron chi connectivity index (χ3n) is 3.28. The molecule has 1 aromatic heterocycles. The van der Waals surface area contributed by atoms with Gasteiger partial charge in [0.25, 0.3) is 0 Å². The number of carbonyl (C=O) groups is 1. The maximum atomic E-state index is 11.9. The van der Waals surface area contributed by atoms with Crippen molar-refractivity contribution >= 4 is 16.8 Å². The van der Waals surface area contributed by atoms with Gasteiger partial charge < -0.3 is 4.42 Å². The first kappa shape index (κ1) is 12.9. The highest BCUT2D eigenvalue weighted by Gasteiger charge is 2.36. The number of hydrogen-bond donors (Lipinski definition) is 0. The summed E-state index contributed by atoms with van der Waals surface area (Å²) in [6.45, 7) is 3.84. The number of aryl methyl sites for hydroxylation is 1. The van der Waals surface area contributed by atoms with Crippen LogP contribution >= 0.6 is 11.6 Å². The average molecular weight is 263 g/mol. The van der Waals surface area contributed by atoms with E-state index < -0.39 is 5.41 Å². The molecule has 3 heteroatoms. The summed E-state index contributed by atoms with van der Waals surface area (Å²) in [6, 6.07) is 11.5. The second-order valence-corrected chi connectivity index (χ2v) is 5.02.